The van der Waals surface area contributed by atoms with Crippen molar-refractivity contribution in [1.29, 1.82) is 0 Å². The molecule has 5 aromatic rings. The lowest BCUT2D eigenvalue weighted by atomic mass is 9.84. The predicted molar refractivity (Wildman–Crippen MR) is 348 cm³/mol. The van der Waals surface area contributed by atoms with E-state index >= 15 is 0 Å². The van der Waals surface area contributed by atoms with E-state index in [0.29, 0.717) is 42.0 Å². The van der Waals surface area contributed by atoms with E-state index in [1.807, 2.05) is 39.2 Å². The number of phenolic OH excluding ortho intramolecular Hbond substituents is 5. The van der Waals surface area contributed by atoms with E-state index in [1.165, 1.54) is 35.1 Å². The van der Waals surface area contributed by atoms with Gasteiger partial charge in [-0.2, -0.15) is 0 Å². The third-order valence-corrected chi connectivity index (χ3v) is 14.5. The molecule has 1 saturated heterocycles. The molecule has 1 heterocycles. The average Bonchev–Trinajstić information content (AvgIpc) is 3.89. The summed E-state index contributed by atoms with van der Waals surface area (Å²) in [6.45, 7) is 48.3. The summed E-state index contributed by atoms with van der Waals surface area (Å²) in [6, 6.07) is 20.7. The van der Waals surface area contributed by atoms with Crippen LogP contribution in [-0.2, 0) is 69.1 Å². The fourth-order valence-electron chi connectivity index (χ4n) is 10.1. The lowest BCUT2D eigenvalue weighted by Crippen LogP contribution is -2.20. The van der Waals surface area contributed by atoms with Crippen molar-refractivity contribution in [2.24, 2.45) is 0 Å². The van der Waals surface area contributed by atoms with Crippen molar-refractivity contribution < 1.29 is 35.0 Å². The van der Waals surface area contributed by atoms with Crippen molar-refractivity contribution in [3.05, 3.63) is 144 Å². The van der Waals surface area contributed by atoms with E-state index in [-0.39, 0.29) is 27.1 Å². The molecule has 460 valence electrons. The molecule has 82 heavy (non-hydrogen) atoms. The minimum absolute atomic E-state index is 0.00410. The van der Waals surface area contributed by atoms with Crippen molar-refractivity contribution in [3.8, 4) is 28.7 Å². The quantitative estimate of drug-likeness (QED) is 0.0824. The number of benzene rings is 5. The molecule has 0 bridgehead atoms. The molecule has 10 nitrogen and oxygen atoms in total. The zero-order chi connectivity index (χ0) is 63.0. The first-order valence-electron chi connectivity index (χ1n) is 29.7. The second-order valence-corrected chi connectivity index (χ2v) is 28.8. The number of aromatic hydroxyl groups is 5. The molecule has 0 radical (unpaired) electrons. The summed E-state index contributed by atoms with van der Waals surface area (Å²) >= 11 is 0. The minimum atomic E-state index is -0.0431. The van der Waals surface area contributed by atoms with Crippen LogP contribution in [0, 0.1) is 34.6 Å². The van der Waals surface area contributed by atoms with E-state index in [1.54, 1.807) is 14.2 Å². The molecular formula is C72H115N3O7. The number of rotatable bonds is 12. The molecule has 0 aliphatic carbocycles. The number of ether oxygens (including phenoxy) is 2. The highest BCUT2D eigenvalue weighted by molar-refractivity contribution is 5.50. The highest BCUT2D eigenvalue weighted by Gasteiger charge is 2.26. The molecule has 5 N–H and O–H groups in total. The van der Waals surface area contributed by atoms with Gasteiger partial charge in [0, 0.05) is 50.5 Å². The highest BCUT2D eigenvalue weighted by Crippen LogP contribution is 2.39. The first-order chi connectivity index (χ1) is 37.5. The van der Waals surface area contributed by atoms with Gasteiger partial charge in [-0.1, -0.05) is 192 Å². The highest BCUT2D eigenvalue weighted by atomic mass is 16.5. The van der Waals surface area contributed by atoms with Crippen LogP contribution < -0.4 is 0 Å². The van der Waals surface area contributed by atoms with Gasteiger partial charge >= 0.3 is 0 Å². The number of hydrogen-bond donors (Lipinski definition) is 5. The Hall–Kier alpha value is -5.10. The molecule has 0 atom stereocenters. The SMILES string of the molecule is COCCc1cc(C)cc(C(C)(C)C)c1O.COCc1cc(C)cc(C(C)(C)C)c1O.Cc1cc(CCN(C)C)c(O)c(C(C)(C)C)c1.Cc1cc(CN(C)C)c(O)c(C(C)(C)C)c1.Cc1cc(CN2CCCC2)c(O)c(C(C)(C)C)c1. The molecular weight excluding hydrogens is 1020 g/mol. The summed E-state index contributed by atoms with van der Waals surface area (Å²) in [4.78, 5) is 6.64. The van der Waals surface area contributed by atoms with Gasteiger partial charge in [0.25, 0.3) is 0 Å². The Morgan fingerprint density at radius 2 is 0.683 bits per heavy atom. The topological polar surface area (TPSA) is 129 Å². The van der Waals surface area contributed by atoms with Gasteiger partial charge in [0.15, 0.2) is 0 Å². The lowest BCUT2D eigenvalue weighted by Gasteiger charge is -2.24. The Bertz CT molecular complexity index is 2790. The summed E-state index contributed by atoms with van der Waals surface area (Å²) in [6.07, 6.45) is 4.23. The summed E-state index contributed by atoms with van der Waals surface area (Å²) in [5.41, 5.74) is 16.0. The minimum Gasteiger partial charge on any atom is -0.507 e. The van der Waals surface area contributed by atoms with Crippen LogP contribution in [-0.4, -0.2) is 109 Å². The van der Waals surface area contributed by atoms with Crippen LogP contribution in [0.15, 0.2) is 60.7 Å². The Labute approximate surface area is 499 Å². The fraction of sp³-hybridized carbons (Fsp3) is 0.583. The van der Waals surface area contributed by atoms with Gasteiger partial charge in [-0.15, -0.1) is 0 Å². The number of likely N-dealkylation sites (tertiary alicyclic amines) is 1. The van der Waals surface area contributed by atoms with Crippen LogP contribution in [0.4, 0.5) is 0 Å². The fourth-order valence-corrected chi connectivity index (χ4v) is 10.1. The van der Waals surface area contributed by atoms with Crippen LogP contribution >= 0.6 is 0 Å². The number of likely N-dealkylation sites (N-methyl/N-ethyl adjacent to an activating group) is 1. The van der Waals surface area contributed by atoms with Crippen molar-refractivity contribution >= 4 is 0 Å². The van der Waals surface area contributed by atoms with Gasteiger partial charge in [-0.3, -0.25) is 4.90 Å². The molecule has 6 rings (SSSR count). The van der Waals surface area contributed by atoms with Gasteiger partial charge in [-0.05, 0) is 168 Å². The van der Waals surface area contributed by atoms with Crippen LogP contribution in [0.25, 0.3) is 0 Å². The normalized spacial score (nSPS) is 13.2. The number of methoxy groups -OCH3 is 2. The van der Waals surface area contributed by atoms with E-state index in [2.05, 4.69) is 203 Å². The summed E-state index contributed by atoms with van der Waals surface area (Å²) in [5, 5.41) is 51.4. The molecule has 5 aromatic carbocycles. The van der Waals surface area contributed by atoms with Crippen molar-refractivity contribution in [2.45, 2.75) is 211 Å². The number of phenols is 5. The average molecular weight is 1130 g/mol. The number of nitrogens with zero attached hydrogens (tertiary/aromatic N) is 3. The zero-order valence-corrected chi connectivity index (χ0v) is 56.4. The second-order valence-electron chi connectivity index (χ2n) is 28.8. The molecule has 0 unspecified atom stereocenters. The maximum absolute atomic E-state index is 10.5. The monoisotopic (exact) mass is 1130 g/mol. The third kappa shape index (κ3) is 23.5. The Morgan fingerprint density at radius 3 is 1.00 bits per heavy atom. The number of hydrogen-bond acceptors (Lipinski definition) is 10. The van der Waals surface area contributed by atoms with Gasteiger partial charge in [0.2, 0.25) is 0 Å². The molecule has 0 amide bonds. The van der Waals surface area contributed by atoms with Crippen molar-refractivity contribution in [1.82, 2.24) is 14.7 Å². The van der Waals surface area contributed by atoms with E-state index in [9.17, 15) is 25.5 Å². The molecule has 0 aromatic heterocycles. The van der Waals surface area contributed by atoms with Gasteiger partial charge in [0.1, 0.15) is 28.7 Å². The van der Waals surface area contributed by atoms with Crippen molar-refractivity contribution in [2.75, 3.05) is 68.7 Å². The van der Waals surface area contributed by atoms with E-state index < -0.39 is 0 Å². The Balaban J connectivity index is 0.000000351. The summed E-state index contributed by atoms with van der Waals surface area (Å²) < 4.78 is 10.1. The third-order valence-electron chi connectivity index (χ3n) is 14.5. The smallest absolute Gasteiger partial charge is 0.124 e. The van der Waals surface area contributed by atoms with Gasteiger partial charge in [-0.25, -0.2) is 0 Å². The summed E-state index contributed by atoms with van der Waals surface area (Å²) in [7, 11) is 11.4. The Morgan fingerprint density at radius 1 is 0.390 bits per heavy atom. The van der Waals surface area contributed by atoms with Crippen LogP contribution in [0.3, 0.4) is 0 Å². The van der Waals surface area contributed by atoms with Crippen molar-refractivity contribution in [3.63, 3.8) is 0 Å². The summed E-state index contributed by atoms with van der Waals surface area (Å²) in [5.74, 6) is 2.22. The maximum Gasteiger partial charge on any atom is 0.124 e. The second kappa shape index (κ2) is 31.2. The lowest BCUT2D eigenvalue weighted by molar-refractivity contribution is 0.181. The van der Waals surface area contributed by atoms with Gasteiger partial charge in [0.05, 0.1) is 13.2 Å². The zero-order valence-electron chi connectivity index (χ0n) is 56.4. The Kier molecular flexibility index (Phi) is 27.7. The molecule has 1 aliphatic heterocycles. The molecule has 0 saturated carbocycles. The molecule has 0 spiro atoms. The first kappa shape index (κ1) is 73.0. The standard InChI is InChI=1S/C16H25NO.C15H25NO.C14H23NO.C14H22O2.C13H20O2/c1-12-9-13(11-17-7-5-6-8-17)15(18)14(10-12)16(2,3)4;1-11-9-12(7-8-16(5)6)14(17)13(10-11)15(2,3)4;1-10-7-11(9-15(5)6)13(16)12(8-10)14(2,3)4;1-10-8-11(6-7-16-5)13(15)12(9-10)14(2,3)4;1-9-6-10(8-15-5)12(14)11(7-9)13(2,3)4/h9-10,18H,5-8,11H2,1-4H3;9-10,17H,7-8H2,1-6H3;7-8,16H,9H2,1-6H3;8-9,15H,6-7H2,1-5H3;6-7,14H,8H2,1-5H3. The molecule has 10 heteroatoms. The first-order valence-corrected chi connectivity index (χ1v) is 29.7. The predicted octanol–water partition coefficient (Wildman–Crippen LogP) is 16.1. The van der Waals surface area contributed by atoms with E-state index in [0.717, 1.165) is 107 Å². The molecule has 1 aliphatic rings. The van der Waals surface area contributed by atoms with Crippen LogP contribution in [0.5, 0.6) is 28.7 Å². The van der Waals surface area contributed by atoms with E-state index in [4.69, 9.17) is 9.47 Å². The van der Waals surface area contributed by atoms with Crippen LogP contribution in [0.2, 0.25) is 0 Å². The molecule has 1 fully saturated rings. The largest absolute Gasteiger partial charge is 0.507 e. The number of aryl methyl sites for hydroxylation is 5. The maximum atomic E-state index is 10.5. The van der Waals surface area contributed by atoms with Crippen LogP contribution in [0.1, 0.15) is 200 Å². The van der Waals surface area contributed by atoms with Gasteiger partial charge < -0.3 is 44.8 Å².